The van der Waals surface area contributed by atoms with Crippen LogP contribution < -0.4 is 9.80 Å². The van der Waals surface area contributed by atoms with E-state index in [4.69, 9.17) is 8.83 Å². The average Bonchev–Trinajstić information content (AvgIpc) is 3.89. The van der Waals surface area contributed by atoms with Crippen LogP contribution in [0, 0.1) is 13.8 Å². The number of aryl methyl sites for hydroxylation is 2. The second-order valence-corrected chi connectivity index (χ2v) is 18.1. The van der Waals surface area contributed by atoms with E-state index >= 15 is 0 Å². The predicted molar refractivity (Wildman–Crippen MR) is 272 cm³/mol. The quantitative estimate of drug-likeness (QED) is 0.143. The van der Waals surface area contributed by atoms with Gasteiger partial charge in [-0.15, -0.1) is 0 Å². The highest BCUT2D eigenvalue weighted by atomic mass is 16.3. The molecule has 0 aliphatic carbocycles. The maximum atomic E-state index is 6.82. The molecule has 0 radical (unpaired) electrons. The molecule has 4 nitrogen and oxygen atoms in total. The number of rotatable bonds is 8. The molecular formula is C60H48N2O2. The van der Waals surface area contributed by atoms with Crippen LogP contribution in [0.2, 0.25) is 0 Å². The first-order chi connectivity index (χ1) is 31.2. The monoisotopic (exact) mass is 828 g/mol. The lowest BCUT2D eigenvalue weighted by Gasteiger charge is -2.32. The van der Waals surface area contributed by atoms with Crippen molar-refractivity contribution in [3.8, 4) is 0 Å². The van der Waals surface area contributed by atoms with Crippen molar-refractivity contribution in [2.45, 2.75) is 53.4 Å². The van der Waals surface area contributed by atoms with Gasteiger partial charge in [0, 0.05) is 43.7 Å². The van der Waals surface area contributed by atoms with Crippen molar-refractivity contribution in [1.82, 2.24) is 0 Å². The predicted octanol–water partition coefficient (Wildman–Crippen LogP) is 18.2. The number of para-hydroxylation sites is 5. The molecule has 12 aromatic rings. The van der Waals surface area contributed by atoms with E-state index in [9.17, 15) is 0 Å². The van der Waals surface area contributed by atoms with Crippen molar-refractivity contribution in [2.24, 2.45) is 0 Å². The molecule has 12 rings (SSSR count). The van der Waals surface area contributed by atoms with E-state index < -0.39 is 0 Å². The number of furan rings is 2. The molecule has 0 amide bonds. The lowest BCUT2D eigenvalue weighted by Crippen LogP contribution is -2.14. The van der Waals surface area contributed by atoms with Crippen molar-refractivity contribution < 1.29 is 8.83 Å². The van der Waals surface area contributed by atoms with Crippen LogP contribution in [0.3, 0.4) is 0 Å². The lowest BCUT2D eigenvalue weighted by atomic mass is 9.84. The van der Waals surface area contributed by atoms with Crippen molar-refractivity contribution in [1.29, 1.82) is 0 Å². The van der Waals surface area contributed by atoms with Gasteiger partial charge in [0.2, 0.25) is 0 Å². The molecule has 0 saturated heterocycles. The second kappa shape index (κ2) is 14.5. The first kappa shape index (κ1) is 38.1. The van der Waals surface area contributed by atoms with Gasteiger partial charge in [-0.1, -0.05) is 149 Å². The van der Waals surface area contributed by atoms with Gasteiger partial charge in [-0.25, -0.2) is 0 Å². The molecule has 0 N–H and O–H groups in total. The Morgan fingerprint density at radius 2 is 0.797 bits per heavy atom. The topological polar surface area (TPSA) is 32.8 Å². The van der Waals surface area contributed by atoms with Crippen LogP contribution in [0.1, 0.15) is 61.8 Å². The Labute approximate surface area is 372 Å². The minimum absolute atomic E-state index is 0.253. The van der Waals surface area contributed by atoms with Gasteiger partial charge in [-0.05, 0) is 119 Å². The Morgan fingerprint density at radius 3 is 1.33 bits per heavy atom. The molecule has 0 spiro atoms. The van der Waals surface area contributed by atoms with Crippen LogP contribution in [-0.2, 0) is 0 Å². The van der Waals surface area contributed by atoms with Crippen LogP contribution in [0.25, 0.3) is 76.2 Å². The number of hydrogen-bond donors (Lipinski definition) is 0. The minimum atomic E-state index is 0.253. The second-order valence-electron chi connectivity index (χ2n) is 18.1. The maximum absolute atomic E-state index is 6.82. The molecule has 0 fully saturated rings. The van der Waals surface area contributed by atoms with Crippen molar-refractivity contribution in [3.05, 3.63) is 192 Å². The summed E-state index contributed by atoms with van der Waals surface area (Å²) in [5.74, 6) is 0.506. The summed E-state index contributed by atoms with van der Waals surface area (Å²) in [6.07, 6.45) is 0. The maximum Gasteiger partial charge on any atom is 0.159 e. The zero-order valence-electron chi connectivity index (χ0n) is 37.0. The summed E-state index contributed by atoms with van der Waals surface area (Å²) in [5, 5.41) is 12.0. The molecule has 0 bridgehead atoms. The summed E-state index contributed by atoms with van der Waals surface area (Å²) in [6.45, 7) is 13.7. The Balaban J connectivity index is 1.21. The number of nitrogens with zero attached hydrogens (tertiary/aromatic N) is 2. The highest BCUT2D eigenvalue weighted by Gasteiger charge is 2.28. The van der Waals surface area contributed by atoms with Gasteiger partial charge < -0.3 is 18.6 Å². The number of fused-ring (bicyclic) bond motifs is 6. The molecular weight excluding hydrogens is 781 g/mol. The van der Waals surface area contributed by atoms with E-state index in [0.717, 1.165) is 78.0 Å². The van der Waals surface area contributed by atoms with Crippen molar-refractivity contribution in [2.75, 3.05) is 9.80 Å². The smallest absolute Gasteiger partial charge is 0.159 e. The Morgan fingerprint density at radius 1 is 0.359 bits per heavy atom. The summed E-state index contributed by atoms with van der Waals surface area (Å²) in [5.41, 5.74) is 15.0. The zero-order chi connectivity index (χ0) is 43.4. The fraction of sp³-hybridized carbons (Fsp3) is 0.133. The molecule has 0 aliphatic heterocycles. The highest BCUT2D eigenvalue weighted by molar-refractivity contribution is 6.30. The Hall–Kier alpha value is -7.56. The summed E-state index contributed by atoms with van der Waals surface area (Å²) in [4.78, 5) is 4.90. The summed E-state index contributed by atoms with van der Waals surface area (Å²) >= 11 is 0. The third kappa shape index (κ3) is 5.68. The van der Waals surface area contributed by atoms with Crippen LogP contribution in [-0.4, -0.2) is 0 Å². The number of hydrogen-bond acceptors (Lipinski definition) is 4. The lowest BCUT2D eigenvalue weighted by molar-refractivity contribution is 0.668. The summed E-state index contributed by atoms with van der Waals surface area (Å²) in [7, 11) is 0. The largest absolute Gasteiger partial charge is 0.454 e. The molecule has 2 aromatic heterocycles. The summed E-state index contributed by atoms with van der Waals surface area (Å²) in [6, 6.07) is 62.0. The fourth-order valence-corrected chi connectivity index (χ4v) is 10.5. The summed E-state index contributed by atoms with van der Waals surface area (Å²) < 4.78 is 13.6. The average molecular weight is 829 g/mol. The van der Waals surface area contributed by atoms with Gasteiger partial charge in [-0.2, -0.15) is 0 Å². The SMILES string of the molecule is Cc1ccc(N(c2cc(C(C)C)c3ccc4c(N(c5ccccc5C)c5cccc6c5oc5ccccc56)cc(C(C)C)c5ccc2c3c54)c2cccc3c2oc2ccccc23)cc1. The van der Waals surface area contributed by atoms with Crippen LogP contribution >= 0.6 is 0 Å². The van der Waals surface area contributed by atoms with Gasteiger partial charge in [0.1, 0.15) is 11.2 Å². The molecule has 10 aromatic carbocycles. The first-order valence-corrected chi connectivity index (χ1v) is 22.6. The first-order valence-electron chi connectivity index (χ1n) is 22.6. The molecule has 2 heterocycles. The van der Waals surface area contributed by atoms with Gasteiger partial charge in [-0.3, -0.25) is 0 Å². The fourth-order valence-electron chi connectivity index (χ4n) is 10.5. The van der Waals surface area contributed by atoms with E-state index in [2.05, 4.69) is 221 Å². The number of benzene rings is 10. The molecule has 310 valence electrons. The Kier molecular flexibility index (Phi) is 8.64. The van der Waals surface area contributed by atoms with E-state index in [1.54, 1.807) is 0 Å². The van der Waals surface area contributed by atoms with E-state index in [-0.39, 0.29) is 11.8 Å². The molecule has 0 unspecified atom stereocenters. The molecule has 64 heavy (non-hydrogen) atoms. The van der Waals surface area contributed by atoms with Crippen LogP contribution in [0.4, 0.5) is 34.1 Å². The third-order valence-electron chi connectivity index (χ3n) is 13.5. The van der Waals surface area contributed by atoms with Gasteiger partial charge in [0.05, 0.1) is 22.7 Å². The van der Waals surface area contributed by atoms with Crippen molar-refractivity contribution >= 4 is 110 Å². The molecule has 4 heteroatoms. The Bertz CT molecular complexity index is 3770. The molecule has 0 atom stereocenters. The van der Waals surface area contributed by atoms with Gasteiger partial charge in [0.15, 0.2) is 11.2 Å². The van der Waals surface area contributed by atoms with Crippen molar-refractivity contribution in [3.63, 3.8) is 0 Å². The van der Waals surface area contributed by atoms with E-state index in [1.165, 1.54) is 54.6 Å². The number of anilines is 6. The molecule has 0 aliphatic rings. The van der Waals surface area contributed by atoms with Crippen LogP contribution in [0.5, 0.6) is 0 Å². The zero-order valence-corrected chi connectivity index (χ0v) is 37.0. The minimum Gasteiger partial charge on any atom is -0.454 e. The molecule has 0 saturated carbocycles. The van der Waals surface area contributed by atoms with Crippen LogP contribution in [0.15, 0.2) is 179 Å². The standard InChI is InChI=1S/C60H48N2O2/c1-35(2)48-33-53(61(39-27-25-37(5)26-28-39)51-21-13-18-44-40-16-8-11-23-55(40)63-59(44)51)46-31-29-43-49(36(3)4)34-54(47-32-30-42(48)57(46)58(43)47)62(50-20-10-7-15-38(50)6)52-22-14-19-45-41-17-9-12-24-56(41)64-60(45)52/h7-36H,1-6H3. The van der Waals surface area contributed by atoms with Gasteiger partial charge >= 0.3 is 0 Å². The van der Waals surface area contributed by atoms with E-state index in [1.807, 2.05) is 0 Å². The van der Waals surface area contributed by atoms with Gasteiger partial charge in [0.25, 0.3) is 0 Å². The normalized spacial score (nSPS) is 12.2. The van der Waals surface area contributed by atoms with E-state index in [0.29, 0.717) is 0 Å². The highest BCUT2D eigenvalue weighted by Crippen LogP contribution is 2.53. The third-order valence-corrected chi connectivity index (χ3v) is 13.5.